The Morgan fingerprint density at radius 2 is 0.629 bits per heavy atom. The van der Waals surface area contributed by atoms with Crippen molar-refractivity contribution < 1.29 is 14.9 Å². The first-order chi connectivity index (χ1) is 17.2. The number of aliphatic hydroxyl groups excluding tert-OH is 2. The van der Waals surface area contributed by atoms with Gasteiger partial charge in [0.05, 0.1) is 12.2 Å². The largest absolute Gasteiger partial charge is 0.393 e. The lowest BCUT2D eigenvalue weighted by Crippen LogP contribution is -2.10. The van der Waals surface area contributed by atoms with Crippen LogP contribution >= 0.6 is 0 Å². The molecule has 0 spiro atoms. The van der Waals surface area contributed by atoms with Crippen LogP contribution in [-0.2, 0) is 4.74 Å². The zero-order chi connectivity index (χ0) is 25.7. The van der Waals surface area contributed by atoms with Crippen LogP contribution in [-0.4, -0.2) is 35.6 Å². The van der Waals surface area contributed by atoms with Crippen molar-refractivity contribution in [2.24, 2.45) is 0 Å². The quantitative estimate of drug-likeness (QED) is 0.0968. The molecule has 0 aliphatic carbocycles. The Morgan fingerprint density at radius 1 is 0.371 bits per heavy atom. The Kier molecular flexibility index (Phi) is 30.0. The standard InChI is InChI=1S/C32H66O3/c1-3-5-7-9-11-13-15-17-19-21-25-31(33)27-23-29-35-30-24-28-32(34)26-22-20-18-16-14-12-10-8-6-4-2/h31-34H,3-30H2,1-2H3. The molecule has 3 nitrogen and oxygen atoms in total. The zero-order valence-electron chi connectivity index (χ0n) is 24.3. The fraction of sp³-hybridized carbons (Fsp3) is 1.00. The maximum atomic E-state index is 10.2. The highest BCUT2D eigenvalue weighted by Crippen LogP contribution is 2.15. The predicted octanol–water partition coefficient (Wildman–Crippen LogP) is 9.91. The third kappa shape index (κ3) is 30.0. The van der Waals surface area contributed by atoms with Crippen LogP contribution in [0.15, 0.2) is 0 Å². The maximum Gasteiger partial charge on any atom is 0.0541 e. The van der Waals surface area contributed by atoms with Crippen molar-refractivity contribution in [3.05, 3.63) is 0 Å². The molecule has 0 heterocycles. The second kappa shape index (κ2) is 30.1. The summed E-state index contributed by atoms with van der Waals surface area (Å²) in [7, 11) is 0. The fourth-order valence-corrected chi connectivity index (χ4v) is 4.97. The molecular weight excluding hydrogens is 432 g/mol. The third-order valence-electron chi connectivity index (χ3n) is 7.43. The van der Waals surface area contributed by atoms with Gasteiger partial charge in [0.15, 0.2) is 0 Å². The monoisotopic (exact) mass is 499 g/mol. The van der Waals surface area contributed by atoms with Crippen molar-refractivity contribution in [2.75, 3.05) is 13.2 Å². The normalized spacial score (nSPS) is 13.4. The van der Waals surface area contributed by atoms with Crippen LogP contribution in [0.1, 0.15) is 181 Å². The Morgan fingerprint density at radius 3 is 0.943 bits per heavy atom. The van der Waals surface area contributed by atoms with E-state index >= 15 is 0 Å². The Labute approximate surface area is 221 Å². The smallest absolute Gasteiger partial charge is 0.0541 e. The van der Waals surface area contributed by atoms with Gasteiger partial charge in [-0.25, -0.2) is 0 Å². The molecule has 0 amide bonds. The minimum absolute atomic E-state index is 0.157. The van der Waals surface area contributed by atoms with E-state index in [-0.39, 0.29) is 12.2 Å². The van der Waals surface area contributed by atoms with Gasteiger partial charge in [-0.1, -0.05) is 142 Å². The lowest BCUT2D eigenvalue weighted by Gasteiger charge is -2.12. The first kappa shape index (κ1) is 34.9. The van der Waals surface area contributed by atoms with E-state index in [1.165, 1.54) is 116 Å². The van der Waals surface area contributed by atoms with Crippen molar-refractivity contribution in [3.8, 4) is 0 Å². The van der Waals surface area contributed by atoms with Crippen molar-refractivity contribution in [1.82, 2.24) is 0 Å². The van der Waals surface area contributed by atoms with Gasteiger partial charge in [0.2, 0.25) is 0 Å². The number of aliphatic hydroxyl groups is 2. The summed E-state index contributed by atoms with van der Waals surface area (Å²) in [5, 5.41) is 20.3. The molecule has 2 N–H and O–H groups in total. The van der Waals surface area contributed by atoms with Crippen LogP contribution < -0.4 is 0 Å². The van der Waals surface area contributed by atoms with Gasteiger partial charge < -0.3 is 14.9 Å². The molecule has 0 fully saturated rings. The van der Waals surface area contributed by atoms with Crippen LogP contribution in [0.2, 0.25) is 0 Å². The van der Waals surface area contributed by atoms with E-state index in [4.69, 9.17) is 4.74 Å². The first-order valence-corrected chi connectivity index (χ1v) is 16.1. The maximum absolute atomic E-state index is 10.2. The summed E-state index contributed by atoms with van der Waals surface area (Å²) < 4.78 is 5.72. The molecule has 0 saturated heterocycles. The van der Waals surface area contributed by atoms with E-state index < -0.39 is 0 Å². The second-order valence-electron chi connectivity index (χ2n) is 11.1. The van der Waals surface area contributed by atoms with Crippen LogP contribution in [0.5, 0.6) is 0 Å². The molecule has 0 saturated carbocycles. The average Bonchev–Trinajstić information content (AvgIpc) is 2.85. The van der Waals surface area contributed by atoms with Gasteiger partial charge in [0, 0.05) is 13.2 Å². The summed E-state index contributed by atoms with van der Waals surface area (Å²) in [5.41, 5.74) is 0. The molecule has 0 radical (unpaired) electrons. The minimum Gasteiger partial charge on any atom is -0.393 e. The molecule has 0 aromatic carbocycles. The Hall–Kier alpha value is -0.120. The van der Waals surface area contributed by atoms with Crippen LogP contribution in [0.3, 0.4) is 0 Å². The third-order valence-corrected chi connectivity index (χ3v) is 7.43. The van der Waals surface area contributed by atoms with E-state index in [0.717, 1.165) is 64.6 Å². The molecule has 35 heavy (non-hydrogen) atoms. The van der Waals surface area contributed by atoms with Gasteiger partial charge >= 0.3 is 0 Å². The molecule has 2 unspecified atom stereocenters. The van der Waals surface area contributed by atoms with E-state index in [1.54, 1.807) is 0 Å². The number of unbranched alkanes of at least 4 members (excludes halogenated alkanes) is 18. The van der Waals surface area contributed by atoms with Crippen molar-refractivity contribution in [2.45, 2.75) is 193 Å². The molecular formula is C32H66O3. The predicted molar refractivity (Wildman–Crippen MR) is 154 cm³/mol. The molecule has 2 atom stereocenters. The lowest BCUT2D eigenvalue weighted by molar-refractivity contribution is 0.0871. The molecule has 0 bridgehead atoms. The van der Waals surface area contributed by atoms with Crippen molar-refractivity contribution in [1.29, 1.82) is 0 Å². The van der Waals surface area contributed by atoms with Gasteiger partial charge in [-0.2, -0.15) is 0 Å². The number of hydrogen-bond donors (Lipinski definition) is 2. The number of rotatable bonds is 30. The summed E-state index contributed by atoms with van der Waals surface area (Å²) in [6, 6.07) is 0. The SMILES string of the molecule is CCCCCCCCCCCCC(O)CCCOCCCC(O)CCCCCCCCCCCC. The Bertz CT molecular complexity index is 340. The van der Waals surface area contributed by atoms with Gasteiger partial charge in [0.25, 0.3) is 0 Å². The first-order valence-electron chi connectivity index (χ1n) is 16.1. The van der Waals surface area contributed by atoms with Gasteiger partial charge in [-0.3, -0.25) is 0 Å². The summed E-state index contributed by atoms with van der Waals surface area (Å²) in [5.74, 6) is 0. The summed E-state index contributed by atoms with van der Waals surface area (Å²) in [4.78, 5) is 0. The van der Waals surface area contributed by atoms with Crippen LogP contribution in [0.25, 0.3) is 0 Å². The van der Waals surface area contributed by atoms with E-state index in [0.29, 0.717) is 0 Å². The second-order valence-corrected chi connectivity index (χ2v) is 11.1. The Balaban J connectivity index is 3.24. The molecule has 0 aliphatic rings. The van der Waals surface area contributed by atoms with Crippen molar-refractivity contribution in [3.63, 3.8) is 0 Å². The molecule has 0 aliphatic heterocycles. The van der Waals surface area contributed by atoms with Gasteiger partial charge in [-0.05, 0) is 38.5 Å². The van der Waals surface area contributed by atoms with E-state index in [1.807, 2.05) is 0 Å². The summed E-state index contributed by atoms with van der Waals surface area (Å²) in [6.07, 6.45) is 32.1. The zero-order valence-corrected chi connectivity index (χ0v) is 24.3. The number of hydrogen-bond acceptors (Lipinski definition) is 3. The molecule has 0 rings (SSSR count). The van der Waals surface area contributed by atoms with Gasteiger partial charge in [-0.15, -0.1) is 0 Å². The minimum atomic E-state index is -0.157. The summed E-state index contributed by atoms with van der Waals surface area (Å²) in [6.45, 7) is 6.03. The molecule has 0 aromatic heterocycles. The molecule has 0 aromatic rings. The lowest BCUT2D eigenvalue weighted by atomic mass is 10.0. The van der Waals surface area contributed by atoms with E-state index in [9.17, 15) is 10.2 Å². The highest BCUT2D eigenvalue weighted by atomic mass is 16.5. The van der Waals surface area contributed by atoms with Gasteiger partial charge in [0.1, 0.15) is 0 Å². The molecule has 3 heteroatoms. The average molecular weight is 499 g/mol. The van der Waals surface area contributed by atoms with Crippen LogP contribution in [0, 0.1) is 0 Å². The summed E-state index contributed by atoms with van der Waals surface area (Å²) >= 11 is 0. The topological polar surface area (TPSA) is 49.7 Å². The molecule has 212 valence electrons. The van der Waals surface area contributed by atoms with Crippen LogP contribution in [0.4, 0.5) is 0 Å². The highest BCUT2D eigenvalue weighted by molar-refractivity contribution is 4.59. The van der Waals surface area contributed by atoms with Crippen molar-refractivity contribution >= 4 is 0 Å². The fourth-order valence-electron chi connectivity index (χ4n) is 4.97. The number of ether oxygens (including phenoxy) is 1. The van der Waals surface area contributed by atoms with E-state index in [2.05, 4.69) is 13.8 Å². The highest BCUT2D eigenvalue weighted by Gasteiger charge is 2.06.